The van der Waals surface area contributed by atoms with Crippen molar-refractivity contribution >= 4 is 49.9 Å². The monoisotopic (exact) mass is 1000 g/mol. The van der Waals surface area contributed by atoms with Crippen LogP contribution in [0.1, 0.15) is 133 Å². The van der Waals surface area contributed by atoms with Crippen LogP contribution in [0.2, 0.25) is 34.8 Å². The molecule has 5 heterocycles. The Morgan fingerprint density at radius 3 is 2.26 bits per heavy atom. The van der Waals surface area contributed by atoms with Gasteiger partial charge in [-0.15, -0.1) is 10.6 Å². The van der Waals surface area contributed by atoms with Crippen molar-refractivity contribution in [3.8, 4) is 34.5 Å². The van der Waals surface area contributed by atoms with Crippen molar-refractivity contribution in [1.82, 2.24) is 39.2 Å². The summed E-state index contributed by atoms with van der Waals surface area (Å²) in [5, 5.41) is 16.1. The molecule has 0 aromatic carbocycles. The first-order valence-corrected chi connectivity index (χ1v) is 29.2. The molecule has 1 fully saturated rings. The van der Waals surface area contributed by atoms with E-state index in [1.54, 1.807) is 0 Å². The summed E-state index contributed by atoms with van der Waals surface area (Å²) < 4.78 is 32.8. The van der Waals surface area contributed by atoms with E-state index in [2.05, 4.69) is 146 Å². The summed E-state index contributed by atoms with van der Waals surface area (Å²) in [5.74, 6) is 5.05. The number of hydrogen-bond donors (Lipinski definition) is 0. The van der Waals surface area contributed by atoms with Gasteiger partial charge < -0.3 is 18.6 Å². The zero-order valence-electron chi connectivity index (χ0n) is 41.1. The zero-order valence-corrected chi connectivity index (χ0v) is 45.2. The minimum atomic E-state index is -2.02. The number of ether oxygens (including phenoxy) is 3. The minimum Gasteiger partial charge on any atom is -0.476 e. The molecule has 4 aromatic rings. The van der Waals surface area contributed by atoms with Crippen LogP contribution < -0.4 is 9.47 Å². The first kappa shape index (κ1) is 50.2. The summed E-state index contributed by atoms with van der Waals surface area (Å²) in [6.07, 6.45) is 4.72. The number of hydrogen-bond acceptors (Lipinski definition) is 9. The molecule has 1 aliphatic rings. The molecule has 0 saturated carbocycles. The molecular formula is C47H77IN8O4Si2. The zero-order chi connectivity index (χ0) is 45.9. The highest BCUT2D eigenvalue weighted by Gasteiger charge is 2.42. The fourth-order valence-corrected chi connectivity index (χ4v) is 15.8. The third kappa shape index (κ3) is 10.8. The lowest BCUT2D eigenvalue weighted by molar-refractivity contribution is -0.0367. The molecule has 5 rings (SSSR count). The summed E-state index contributed by atoms with van der Waals surface area (Å²) in [6, 6.07) is 2.38. The van der Waals surface area contributed by atoms with Gasteiger partial charge in [0, 0.05) is 38.2 Å². The highest BCUT2D eigenvalue weighted by Crippen LogP contribution is 2.42. The number of rotatable bonds is 18. The fourth-order valence-electron chi connectivity index (χ4n) is 8.90. The van der Waals surface area contributed by atoms with Crippen molar-refractivity contribution in [1.29, 1.82) is 0 Å². The molecular weight excluding hydrogens is 924 g/mol. The molecule has 1 saturated heterocycles. The van der Waals surface area contributed by atoms with E-state index in [-0.39, 0.29) is 23.4 Å². The third-order valence-corrected chi connectivity index (χ3v) is 25.3. The average molecular weight is 1000 g/mol. The Hall–Kier alpha value is -2.76. The predicted molar refractivity (Wildman–Crippen MR) is 266 cm³/mol. The lowest BCUT2D eigenvalue weighted by atomic mass is 10.1. The maximum Gasteiger partial charge on any atom is 0.246 e. The van der Waals surface area contributed by atoms with Gasteiger partial charge in [0.25, 0.3) is 0 Å². The summed E-state index contributed by atoms with van der Waals surface area (Å²) in [4.78, 5) is 7.53. The molecule has 0 amide bonds. The average Bonchev–Trinajstić information content (AvgIpc) is 3.79. The number of fused-ring (bicyclic) bond motifs is 1. The van der Waals surface area contributed by atoms with Crippen molar-refractivity contribution in [2.45, 2.75) is 182 Å². The maximum atomic E-state index is 6.91. The van der Waals surface area contributed by atoms with Gasteiger partial charge in [-0.1, -0.05) is 68.2 Å². The molecule has 1 aliphatic heterocycles. The van der Waals surface area contributed by atoms with Crippen LogP contribution in [0.3, 0.4) is 0 Å². The van der Waals surface area contributed by atoms with E-state index in [4.69, 9.17) is 38.9 Å². The van der Waals surface area contributed by atoms with Crippen LogP contribution in [-0.4, -0.2) is 94.1 Å². The van der Waals surface area contributed by atoms with Gasteiger partial charge in [0.2, 0.25) is 11.8 Å². The lowest BCUT2D eigenvalue weighted by Crippen LogP contribution is -2.43. The topological polar surface area (TPSA) is 107 Å². The number of aryl methyl sites for hydroxylation is 2. The predicted octanol–water partition coefficient (Wildman–Crippen LogP) is 11.3. The first-order chi connectivity index (χ1) is 29.0. The van der Waals surface area contributed by atoms with Crippen LogP contribution in [0, 0.1) is 22.0 Å². The molecule has 2 atom stereocenters. The van der Waals surface area contributed by atoms with E-state index in [1.165, 1.54) is 0 Å². The van der Waals surface area contributed by atoms with Gasteiger partial charge in [0.1, 0.15) is 19.9 Å². The van der Waals surface area contributed by atoms with Crippen molar-refractivity contribution in [2.75, 3.05) is 26.4 Å². The van der Waals surface area contributed by atoms with E-state index in [9.17, 15) is 0 Å². The second kappa shape index (κ2) is 20.6. The molecule has 15 heteroatoms. The Labute approximate surface area is 388 Å². The van der Waals surface area contributed by atoms with Crippen LogP contribution in [-0.2, 0) is 29.3 Å². The van der Waals surface area contributed by atoms with E-state index >= 15 is 0 Å². The van der Waals surface area contributed by atoms with Crippen molar-refractivity contribution in [3.63, 3.8) is 0 Å². The Kier molecular flexibility index (Phi) is 16.7. The highest BCUT2D eigenvalue weighted by atomic mass is 127. The van der Waals surface area contributed by atoms with Gasteiger partial charge in [-0.2, -0.15) is 10.2 Å². The SMILES string of the molecule is CCOc1nn(CCO[Si](C)(C)C(C)(C)C)c(CN(C[C@H](C)Oc2c(-c3cc4c(C#C[Si](C(C)C)(C(C)C)C(C)C)nn(C5CCCCO5)c4cn3)c(C)nn2C)C(C)C)c1I. The Bertz CT molecular complexity index is 2160. The minimum absolute atomic E-state index is 0.135. The van der Waals surface area contributed by atoms with Crippen LogP contribution in [0.15, 0.2) is 12.3 Å². The Balaban J connectivity index is 1.47. The van der Waals surface area contributed by atoms with E-state index in [0.29, 0.717) is 61.2 Å². The summed E-state index contributed by atoms with van der Waals surface area (Å²) >= 11 is 2.40. The van der Waals surface area contributed by atoms with Gasteiger partial charge in [0.05, 0.1) is 57.7 Å². The Morgan fingerprint density at radius 1 is 1.00 bits per heavy atom. The molecule has 1 unspecified atom stereocenters. The fraction of sp³-hybridized carbons (Fsp3) is 0.702. The summed E-state index contributed by atoms with van der Waals surface area (Å²) in [6.45, 7) is 40.1. The first-order valence-electron chi connectivity index (χ1n) is 23.0. The molecule has 62 heavy (non-hydrogen) atoms. The lowest BCUT2D eigenvalue weighted by Gasteiger charge is -2.38. The smallest absolute Gasteiger partial charge is 0.246 e. The van der Waals surface area contributed by atoms with E-state index < -0.39 is 16.4 Å². The number of pyridine rings is 1. The highest BCUT2D eigenvalue weighted by molar-refractivity contribution is 14.1. The van der Waals surface area contributed by atoms with Gasteiger partial charge in [-0.3, -0.25) is 14.6 Å². The van der Waals surface area contributed by atoms with Crippen molar-refractivity contribution < 1.29 is 18.6 Å². The van der Waals surface area contributed by atoms with Crippen LogP contribution in [0.5, 0.6) is 11.8 Å². The molecule has 0 bridgehead atoms. The summed E-state index contributed by atoms with van der Waals surface area (Å²) in [5.41, 5.74) is 10.8. The van der Waals surface area contributed by atoms with Crippen LogP contribution >= 0.6 is 22.6 Å². The largest absolute Gasteiger partial charge is 0.476 e. The van der Waals surface area contributed by atoms with Crippen LogP contribution in [0.25, 0.3) is 22.2 Å². The molecule has 0 N–H and O–H groups in total. The maximum absolute atomic E-state index is 6.91. The molecule has 0 spiro atoms. The quantitative estimate of drug-likeness (QED) is 0.0547. The van der Waals surface area contributed by atoms with E-state index in [0.717, 1.165) is 68.7 Å². The van der Waals surface area contributed by atoms with E-state index in [1.807, 2.05) is 36.5 Å². The van der Waals surface area contributed by atoms with Crippen molar-refractivity contribution in [3.05, 3.63) is 32.9 Å². The third-order valence-electron chi connectivity index (χ3n) is 13.4. The van der Waals surface area contributed by atoms with Crippen LogP contribution in [0.4, 0.5) is 0 Å². The Morgan fingerprint density at radius 2 is 1.68 bits per heavy atom. The number of nitrogens with zero attached hydrogens (tertiary/aromatic N) is 8. The molecule has 0 aliphatic carbocycles. The summed E-state index contributed by atoms with van der Waals surface area (Å²) in [7, 11) is -1.99. The molecule has 12 nitrogen and oxygen atoms in total. The number of aromatic nitrogens is 7. The van der Waals surface area contributed by atoms with Crippen molar-refractivity contribution in [2.24, 2.45) is 7.05 Å². The van der Waals surface area contributed by atoms with Gasteiger partial charge in [0.15, 0.2) is 14.5 Å². The second-order valence-corrected chi connectivity index (χ2v) is 31.5. The molecule has 0 radical (unpaired) electrons. The molecule has 344 valence electrons. The van der Waals surface area contributed by atoms with Gasteiger partial charge >= 0.3 is 0 Å². The normalized spacial score (nSPS) is 16.0. The standard InChI is InChI=1S/C47H77IN8O4Si2/c1-18-57-45-44(48)41(55(52-45)23-25-59-61(16,17)47(12,13)14)30-54(31(2)3)29-35(10)60-46-43(36(11)50-53(46)15)39-27-37-38(22-26-62(32(4)5,33(6)7)34(8)9)51-56(40(37)28-49-39)42-21-19-20-24-58-42/h27-28,31-35,42H,18-21,23-25,29-30H2,1-17H3/t35-,42?/m0/s1. The molecule has 4 aromatic heterocycles. The van der Waals surface area contributed by atoms with Gasteiger partial charge in [-0.05, 0) is 117 Å². The second-order valence-electron chi connectivity index (χ2n) is 20.0. The van der Waals surface area contributed by atoms with Gasteiger partial charge in [-0.25, -0.2) is 9.36 Å². The number of halogens is 1.